The van der Waals surface area contributed by atoms with E-state index in [-0.39, 0.29) is 16.6 Å². The third-order valence-corrected chi connectivity index (χ3v) is 3.94. The normalized spacial score (nSPS) is 12.7. The van der Waals surface area contributed by atoms with Crippen molar-refractivity contribution in [1.82, 2.24) is 0 Å². The van der Waals surface area contributed by atoms with Crippen molar-refractivity contribution in [2.45, 2.75) is 52.4 Å². The second kappa shape index (κ2) is 4.87. The number of rotatable bonds is 1. The molecule has 0 atom stereocenters. The van der Waals surface area contributed by atoms with Gasteiger partial charge in [-0.05, 0) is 33.2 Å². The summed E-state index contributed by atoms with van der Waals surface area (Å²) in [6.45, 7) is 12.6. The lowest BCUT2D eigenvalue weighted by Crippen LogP contribution is -2.13. The van der Waals surface area contributed by atoms with E-state index in [0.29, 0.717) is 5.56 Å². The zero-order valence-corrected chi connectivity index (χ0v) is 13.7. The predicted octanol–water partition coefficient (Wildman–Crippen LogP) is 4.95. The molecule has 2 rings (SSSR count). The van der Waals surface area contributed by atoms with Crippen LogP contribution in [-0.4, -0.2) is 11.4 Å². The predicted molar refractivity (Wildman–Crippen MR) is 88.4 cm³/mol. The fourth-order valence-corrected chi connectivity index (χ4v) is 2.58. The Hall–Kier alpha value is -1.83. The Balaban J connectivity index is 2.86. The highest BCUT2D eigenvalue weighted by atomic mass is 16.3. The number of carbonyl (C=O) groups is 1. The molecule has 0 aromatic heterocycles. The highest BCUT2D eigenvalue weighted by Crippen LogP contribution is 2.38. The molecule has 0 bridgehead atoms. The Morgan fingerprint density at radius 3 is 2.05 bits per heavy atom. The molecule has 0 radical (unpaired) electrons. The van der Waals surface area contributed by atoms with Crippen LogP contribution in [0.2, 0.25) is 0 Å². The molecule has 112 valence electrons. The Morgan fingerprint density at radius 2 is 1.57 bits per heavy atom. The van der Waals surface area contributed by atoms with Gasteiger partial charge in [-0.15, -0.1) is 0 Å². The summed E-state index contributed by atoms with van der Waals surface area (Å²) in [4.78, 5) is 11.4. The van der Waals surface area contributed by atoms with Gasteiger partial charge >= 0.3 is 0 Å². The molecule has 0 aliphatic carbocycles. The maximum Gasteiger partial charge on any atom is 0.154 e. The highest BCUT2D eigenvalue weighted by molar-refractivity contribution is 6.02. The molecule has 0 aliphatic heterocycles. The van der Waals surface area contributed by atoms with Crippen molar-refractivity contribution >= 4 is 17.1 Å². The van der Waals surface area contributed by atoms with E-state index in [2.05, 4.69) is 26.8 Å². The lowest BCUT2D eigenvalue weighted by atomic mass is 9.81. The van der Waals surface area contributed by atoms with Crippen molar-refractivity contribution in [2.24, 2.45) is 0 Å². The van der Waals surface area contributed by atoms with Crippen LogP contribution in [0.15, 0.2) is 24.3 Å². The van der Waals surface area contributed by atoms with Crippen LogP contribution in [0.1, 0.15) is 63.0 Å². The number of hydrogen-bond acceptors (Lipinski definition) is 2. The molecule has 2 heteroatoms. The van der Waals surface area contributed by atoms with Gasteiger partial charge in [0.25, 0.3) is 0 Å². The molecule has 21 heavy (non-hydrogen) atoms. The highest BCUT2D eigenvalue weighted by Gasteiger charge is 2.23. The summed E-state index contributed by atoms with van der Waals surface area (Å²) in [7, 11) is 0. The van der Waals surface area contributed by atoms with Crippen molar-refractivity contribution in [3.63, 3.8) is 0 Å². The van der Waals surface area contributed by atoms with Gasteiger partial charge in [0.2, 0.25) is 0 Å². The van der Waals surface area contributed by atoms with Crippen molar-refractivity contribution in [3.05, 3.63) is 41.0 Å². The van der Waals surface area contributed by atoms with Crippen molar-refractivity contribution < 1.29 is 9.90 Å². The summed E-state index contributed by atoms with van der Waals surface area (Å²) >= 11 is 0. The lowest BCUT2D eigenvalue weighted by Gasteiger charge is -2.24. The van der Waals surface area contributed by atoms with Gasteiger partial charge in [0, 0.05) is 5.56 Å². The molecular weight excluding hydrogens is 260 g/mol. The molecule has 0 aliphatic rings. The van der Waals surface area contributed by atoms with Crippen LogP contribution in [0.4, 0.5) is 0 Å². The minimum atomic E-state index is -0.215. The second-order valence-corrected chi connectivity index (χ2v) is 7.74. The van der Waals surface area contributed by atoms with E-state index < -0.39 is 0 Å². The average Bonchev–Trinajstić information content (AvgIpc) is 2.35. The number of phenolic OH excluding ortho intramolecular Hbond substituents is 1. The van der Waals surface area contributed by atoms with E-state index in [1.807, 2.05) is 39.0 Å². The largest absolute Gasteiger partial charge is 0.507 e. The first-order chi connectivity index (χ1) is 9.55. The molecule has 2 aromatic carbocycles. The van der Waals surface area contributed by atoms with Gasteiger partial charge in [-0.2, -0.15) is 0 Å². The third-order valence-electron chi connectivity index (χ3n) is 3.94. The molecule has 0 saturated heterocycles. The number of hydrogen-bond donors (Lipinski definition) is 1. The molecular formula is C19H24O2. The lowest BCUT2D eigenvalue weighted by molar-refractivity contribution is 0.112. The number of phenols is 1. The van der Waals surface area contributed by atoms with Gasteiger partial charge < -0.3 is 5.11 Å². The molecule has 0 fully saturated rings. The van der Waals surface area contributed by atoms with Gasteiger partial charge in [-0.1, -0.05) is 59.7 Å². The topological polar surface area (TPSA) is 37.3 Å². The van der Waals surface area contributed by atoms with Crippen LogP contribution in [0.25, 0.3) is 10.8 Å². The summed E-state index contributed by atoms with van der Waals surface area (Å²) in [5.74, 6) is 0.105. The number of carbonyl (C=O) groups excluding carboxylic acids is 1. The quantitative estimate of drug-likeness (QED) is 0.752. The van der Waals surface area contributed by atoms with Gasteiger partial charge in [0.1, 0.15) is 5.75 Å². The Morgan fingerprint density at radius 1 is 0.952 bits per heavy atom. The van der Waals surface area contributed by atoms with Crippen LogP contribution in [0, 0.1) is 0 Å². The number of aromatic hydroxyl groups is 1. The monoisotopic (exact) mass is 284 g/mol. The fourth-order valence-electron chi connectivity index (χ4n) is 2.58. The molecule has 1 N–H and O–H groups in total. The van der Waals surface area contributed by atoms with Crippen molar-refractivity contribution in [3.8, 4) is 5.75 Å². The summed E-state index contributed by atoms with van der Waals surface area (Å²) in [5.41, 5.74) is 2.25. The first-order valence-electron chi connectivity index (χ1n) is 7.31. The maximum atomic E-state index is 11.4. The first kappa shape index (κ1) is 15.6. The zero-order valence-electron chi connectivity index (χ0n) is 13.7. The average molecular weight is 284 g/mol. The van der Waals surface area contributed by atoms with E-state index in [1.54, 1.807) is 0 Å². The summed E-state index contributed by atoms with van der Waals surface area (Å²) in [6.07, 6.45) is 0.754. The van der Waals surface area contributed by atoms with Gasteiger partial charge in [-0.25, -0.2) is 0 Å². The molecule has 2 nitrogen and oxygen atoms in total. The van der Waals surface area contributed by atoms with Crippen LogP contribution in [0.5, 0.6) is 5.75 Å². The molecule has 0 saturated carbocycles. The smallest absolute Gasteiger partial charge is 0.154 e. The minimum absolute atomic E-state index is 0.0509. The maximum absolute atomic E-state index is 11.4. The number of aldehydes is 1. The molecule has 2 aromatic rings. The molecule has 0 amide bonds. The first-order valence-corrected chi connectivity index (χ1v) is 7.31. The van der Waals surface area contributed by atoms with Crippen molar-refractivity contribution in [1.29, 1.82) is 0 Å². The second-order valence-electron chi connectivity index (χ2n) is 7.74. The minimum Gasteiger partial charge on any atom is -0.507 e. The zero-order chi connectivity index (χ0) is 16.0. The Bertz CT molecular complexity index is 698. The van der Waals surface area contributed by atoms with E-state index in [0.717, 1.165) is 22.6 Å². The van der Waals surface area contributed by atoms with Gasteiger partial charge in [0.05, 0.1) is 5.56 Å². The summed E-state index contributed by atoms with van der Waals surface area (Å²) < 4.78 is 0. The van der Waals surface area contributed by atoms with E-state index in [4.69, 9.17) is 0 Å². The van der Waals surface area contributed by atoms with Gasteiger partial charge in [-0.3, -0.25) is 4.79 Å². The number of fused-ring (bicyclic) bond motifs is 1. The standard InChI is InChI=1S/C19H24O2/c1-18(2,3)13-7-8-14-12(9-13)10-16(19(4,5)6)17(21)15(14)11-20/h7-11,21H,1-6H3. The van der Waals surface area contributed by atoms with Crippen LogP contribution in [0.3, 0.4) is 0 Å². The van der Waals surface area contributed by atoms with E-state index in [1.165, 1.54) is 5.56 Å². The van der Waals surface area contributed by atoms with Crippen LogP contribution in [-0.2, 0) is 10.8 Å². The Kier molecular flexibility index (Phi) is 3.61. The molecule has 0 spiro atoms. The molecule has 0 unspecified atom stereocenters. The van der Waals surface area contributed by atoms with Gasteiger partial charge in [0.15, 0.2) is 6.29 Å². The fraction of sp³-hybridized carbons (Fsp3) is 0.421. The Labute approximate surface area is 126 Å². The molecule has 0 heterocycles. The number of benzene rings is 2. The van der Waals surface area contributed by atoms with E-state index in [9.17, 15) is 9.90 Å². The van der Waals surface area contributed by atoms with Crippen LogP contribution < -0.4 is 0 Å². The SMILES string of the molecule is CC(C)(C)c1ccc2c(C=O)c(O)c(C(C)(C)C)cc2c1. The third kappa shape index (κ3) is 2.80. The van der Waals surface area contributed by atoms with Crippen LogP contribution >= 0.6 is 0 Å². The van der Waals surface area contributed by atoms with E-state index >= 15 is 0 Å². The van der Waals surface area contributed by atoms with Crippen molar-refractivity contribution in [2.75, 3.05) is 0 Å². The summed E-state index contributed by atoms with van der Waals surface area (Å²) in [5, 5.41) is 12.2. The summed E-state index contributed by atoms with van der Waals surface area (Å²) in [6, 6.07) is 8.10.